The van der Waals surface area contributed by atoms with Crippen molar-refractivity contribution in [2.75, 3.05) is 11.4 Å². The number of nitrogens with zero attached hydrogens (tertiary/aromatic N) is 1. The number of hydrogen-bond donors (Lipinski definition) is 0. The largest absolute Gasteiger partial charge is 0.303 e. The molecule has 0 atom stereocenters. The Bertz CT molecular complexity index is 490. The first kappa shape index (κ1) is 11.2. The van der Waals surface area contributed by atoms with Crippen LogP contribution in [0.15, 0.2) is 16.6 Å². The molecule has 6 heteroatoms. The number of halogens is 3. The third-order valence-corrected chi connectivity index (χ3v) is 3.03. The molecule has 0 bridgehead atoms. The minimum Gasteiger partial charge on any atom is -0.303 e. The van der Waals surface area contributed by atoms with Crippen molar-refractivity contribution in [2.24, 2.45) is 0 Å². The fourth-order valence-corrected chi connectivity index (χ4v) is 1.99. The van der Waals surface area contributed by atoms with Crippen molar-refractivity contribution in [1.29, 1.82) is 0 Å². The number of ketones is 1. The quantitative estimate of drug-likeness (QED) is 0.586. The van der Waals surface area contributed by atoms with Crippen molar-refractivity contribution in [2.45, 2.75) is 6.42 Å². The molecular weight excluding hydrogens is 284 g/mol. The van der Waals surface area contributed by atoms with Crippen LogP contribution in [0.5, 0.6) is 0 Å². The first-order valence-electron chi connectivity index (χ1n) is 4.45. The van der Waals surface area contributed by atoms with Gasteiger partial charge in [-0.15, -0.1) is 0 Å². The highest BCUT2D eigenvalue weighted by molar-refractivity contribution is 9.10. The average molecular weight is 290 g/mol. The molecule has 0 saturated carbocycles. The lowest BCUT2D eigenvalue weighted by Crippen LogP contribution is -2.25. The fraction of sp³-hybridized carbons (Fsp3) is 0.200. The lowest BCUT2D eigenvalue weighted by atomic mass is 10.2. The van der Waals surface area contributed by atoms with Crippen molar-refractivity contribution in [3.05, 3.63) is 28.2 Å². The summed E-state index contributed by atoms with van der Waals surface area (Å²) >= 11 is 2.92. The molecule has 0 spiro atoms. The summed E-state index contributed by atoms with van der Waals surface area (Å²) in [6.45, 7) is -0.139. The van der Waals surface area contributed by atoms with Crippen molar-refractivity contribution in [3.63, 3.8) is 0 Å². The Balaban J connectivity index is 2.48. The highest BCUT2D eigenvalue weighted by Crippen LogP contribution is 2.32. The van der Waals surface area contributed by atoms with Gasteiger partial charge in [0.1, 0.15) is 11.6 Å². The molecule has 1 amide bonds. The topological polar surface area (TPSA) is 37.4 Å². The monoisotopic (exact) mass is 289 g/mol. The maximum Gasteiger partial charge on any atom is 0.234 e. The second kappa shape index (κ2) is 3.93. The molecule has 0 aliphatic carbocycles. The third kappa shape index (κ3) is 1.84. The number of rotatable bonds is 1. The van der Waals surface area contributed by atoms with E-state index in [1.165, 1.54) is 0 Å². The van der Waals surface area contributed by atoms with Crippen LogP contribution < -0.4 is 4.90 Å². The van der Waals surface area contributed by atoms with Gasteiger partial charge in [-0.3, -0.25) is 9.59 Å². The maximum atomic E-state index is 13.2. The van der Waals surface area contributed by atoms with Crippen molar-refractivity contribution < 1.29 is 18.4 Å². The average Bonchev–Trinajstić information content (AvgIpc) is 2.51. The summed E-state index contributed by atoms with van der Waals surface area (Å²) in [5, 5.41) is 0. The van der Waals surface area contributed by atoms with Gasteiger partial charge in [0, 0.05) is 6.07 Å². The number of hydrogen-bond acceptors (Lipinski definition) is 2. The Kier molecular flexibility index (Phi) is 2.75. The van der Waals surface area contributed by atoms with Gasteiger partial charge in [-0.25, -0.2) is 8.78 Å². The number of anilines is 1. The van der Waals surface area contributed by atoms with E-state index in [4.69, 9.17) is 0 Å². The van der Waals surface area contributed by atoms with Crippen LogP contribution >= 0.6 is 15.9 Å². The summed E-state index contributed by atoms with van der Waals surface area (Å²) in [5.41, 5.74) is 0.0494. The highest BCUT2D eigenvalue weighted by Gasteiger charge is 2.30. The Hall–Kier alpha value is -1.30. The van der Waals surface area contributed by atoms with E-state index in [1.54, 1.807) is 0 Å². The minimum absolute atomic E-state index is 0.0167. The molecule has 1 heterocycles. The molecule has 84 valence electrons. The molecular formula is C10H6BrF2NO2. The Morgan fingerprint density at radius 2 is 1.94 bits per heavy atom. The molecule has 1 aromatic rings. The zero-order valence-electron chi connectivity index (χ0n) is 7.97. The zero-order valence-corrected chi connectivity index (χ0v) is 9.55. The number of benzene rings is 1. The molecule has 0 unspecified atom stereocenters. The first-order chi connectivity index (χ1) is 7.49. The van der Waals surface area contributed by atoms with Crippen LogP contribution in [0.25, 0.3) is 0 Å². The van der Waals surface area contributed by atoms with E-state index in [0.717, 1.165) is 11.0 Å². The molecule has 0 aromatic heterocycles. The van der Waals surface area contributed by atoms with Crippen LogP contribution in [0, 0.1) is 11.6 Å². The van der Waals surface area contributed by atoms with Gasteiger partial charge in [0.05, 0.1) is 23.1 Å². The molecule has 1 fully saturated rings. The maximum absolute atomic E-state index is 13.2. The summed E-state index contributed by atoms with van der Waals surface area (Å²) in [4.78, 5) is 23.5. The summed E-state index contributed by atoms with van der Waals surface area (Å²) in [7, 11) is 0. The van der Waals surface area contributed by atoms with Crippen LogP contribution in [0.4, 0.5) is 14.5 Å². The first-order valence-corrected chi connectivity index (χ1v) is 5.25. The van der Waals surface area contributed by atoms with E-state index in [9.17, 15) is 18.4 Å². The van der Waals surface area contributed by atoms with E-state index < -0.39 is 17.5 Å². The molecule has 2 rings (SSSR count). The number of Topliss-reactive ketones (excluding diaryl/α,β-unsaturated/α-hetero) is 1. The highest BCUT2D eigenvalue weighted by atomic mass is 79.9. The lowest BCUT2D eigenvalue weighted by molar-refractivity contribution is -0.121. The zero-order chi connectivity index (χ0) is 11.9. The van der Waals surface area contributed by atoms with Gasteiger partial charge in [-0.05, 0) is 22.0 Å². The molecule has 16 heavy (non-hydrogen) atoms. The number of carbonyl (C=O) groups excluding carboxylic acids is 2. The molecule has 1 aromatic carbocycles. The number of carbonyl (C=O) groups is 2. The van der Waals surface area contributed by atoms with Gasteiger partial charge in [0.25, 0.3) is 0 Å². The molecule has 1 aliphatic heterocycles. The summed E-state index contributed by atoms with van der Waals surface area (Å²) < 4.78 is 26.2. The minimum atomic E-state index is -0.804. The smallest absolute Gasteiger partial charge is 0.234 e. The summed E-state index contributed by atoms with van der Waals surface area (Å²) in [6, 6.07) is 1.72. The van der Waals surface area contributed by atoms with Gasteiger partial charge < -0.3 is 4.90 Å². The summed E-state index contributed by atoms with van der Waals surface area (Å²) in [6.07, 6.45) is -0.218. The van der Waals surface area contributed by atoms with Crippen molar-refractivity contribution in [1.82, 2.24) is 0 Å². The lowest BCUT2D eigenvalue weighted by Gasteiger charge is -2.16. The molecule has 3 nitrogen and oxygen atoms in total. The predicted molar refractivity (Wildman–Crippen MR) is 56.0 cm³/mol. The van der Waals surface area contributed by atoms with Crippen molar-refractivity contribution in [3.8, 4) is 0 Å². The van der Waals surface area contributed by atoms with Gasteiger partial charge in [-0.1, -0.05) is 0 Å². The second-order valence-electron chi connectivity index (χ2n) is 3.42. The van der Waals surface area contributed by atoms with Gasteiger partial charge >= 0.3 is 0 Å². The van der Waals surface area contributed by atoms with E-state index >= 15 is 0 Å². The van der Waals surface area contributed by atoms with Crippen molar-refractivity contribution >= 4 is 33.3 Å². The Morgan fingerprint density at radius 3 is 2.50 bits per heavy atom. The molecule has 1 saturated heterocycles. The fourth-order valence-electron chi connectivity index (χ4n) is 1.54. The molecule has 0 radical (unpaired) electrons. The van der Waals surface area contributed by atoms with Crippen LogP contribution in [-0.2, 0) is 9.59 Å². The standard InChI is InChI=1S/C10H6BrF2NO2/c11-10-7(13)1-5(12)2-8(10)14-4-6(15)3-9(14)16/h1-2H,3-4H2. The predicted octanol–water partition coefficient (Wildman–Crippen LogP) is 2.03. The van der Waals surface area contributed by atoms with Crippen LogP contribution in [0.2, 0.25) is 0 Å². The van der Waals surface area contributed by atoms with Gasteiger partial charge in [0.15, 0.2) is 5.78 Å². The molecule has 0 N–H and O–H groups in total. The van der Waals surface area contributed by atoms with Crippen LogP contribution in [-0.4, -0.2) is 18.2 Å². The van der Waals surface area contributed by atoms with E-state index in [0.29, 0.717) is 6.07 Å². The van der Waals surface area contributed by atoms with E-state index in [2.05, 4.69) is 15.9 Å². The van der Waals surface area contributed by atoms with Gasteiger partial charge in [0.2, 0.25) is 5.91 Å². The van der Waals surface area contributed by atoms with Gasteiger partial charge in [-0.2, -0.15) is 0 Å². The summed E-state index contributed by atoms with van der Waals surface area (Å²) in [5.74, 6) is -2.30. The van der Waals surface area contributed by atoms with E-state index in [1.807, 2.05) is 0 Å². The second-order valence-corrected chi connectivity index (χ2v) is 4.21. The number of amides is 1. The molecule has 1 aliphatic rings. The van der Waals surface area contributed by atoms with Crippen LogP contribution in [0.1, 0.15) is 6.42 Å². The normalized spacial score (nSPS) is 16.1. The Morgan fingerprint density at radius 1 is 1.25 bits per heavy atom. The van der Waals surface area contributed by atoms with Crippen LogP contribution in [0.3, 0.4) is 0 Å². The third-order valence-electron chi connectivity index (χ3n) is 2.25. The van der Waals surface area contributed by atoms with E-state index in [-0.39, 0.29) is 28.9 Å². The Labute approximate surface area is 98.2 Å². The SMILES string of the molecule is O=C1CC(=O)N(c2cc(F)cc(F)c2Br)C1.